The Morgan fingerprint density at radius 3 is 2.67 bits per heavy atom. The Morgan fingerprint density at radius 1 is 1.14 bits per heavy atom. The standard InChI is InChI=1S/C16H11ClN2O2/c17-16(13(9-18)12-2-1-5-19-10-12)11-3-4-14-15(8-11)21-7-6-20-14/h1-5,8,10H,6-7H2/b16-13-. The van der Waals surface area contributed by atoms with Crippen LogP contribution in [0, 0.1) is 11.3 Å². The molecule has 0 amide bonds. The van der Waals surface area contributed by atoms with Gasteiger partial charge in [0.25, 0.3) is 0 Å². The molecule has 0 saturated heterocycles. The van der Waals surface area contributed by atoms with Crippen LogP contribution in [0.2, 0.25) is 0 Å². The van der Waals surface area contributed by atoms with E-state index in [1.165, 1.54) is 0 Å². The summed E-state index contributed by atoms with van der Waals surface area (Å²) in [7, 11) is 0. The minimum atomic E-state index is 0.363. The molecular formula is C16H11ClN2O2. The fourth-order valence-corrected chi connectivity index (χ4v) is 2.34. The molecular weight excluding hydrogens is 288 g/mol. The number of fused-ring (bicyclic) bond motifs is 1. The van der Waals surface area contributed by atoms with Crippen LogP contribution in [0.4, 0.5) is 0 Å². The lowest BCUT2D eigenvalue weighted by molar-refractivity contribution is 0.171. The maximum absolute atomic E-state index is 9.37. The summed E-state index contributed by atoms with van der Waals surface area (Å²) in [6.45, 7) is 1.04. The summed E-state index contributed by atoms with van der Waals surface area (Å²) in [5.41, 5.74) is 1.77. The molecule has 5 heteroatoms. The quantitative estimate of drug-likeness (QED) is 0.797. The topological polar surface area (TPSA) is 55.1 Å². The lowest BCUT2D eigenvalue weighted by Crippen LogP contribution is -2.15. The van der Waals surface area contributed by atoms with Crippen LogP contribution in [-0.4, -0.2) is 18.2 Å². The molecule has 1 aliphatic rings. The summed E-state index contributed by atoms with van der Waals surface area (Å²) in [4.78, 5) is 4.01. The lowest BCUT2D eigenvalue weighted by Gasteiger charge is -2.18. The van der Waals surface area contributed by atoms with Crippen molar-refractivity contribution in [3.63, 3.8) is 0 Å². The van der Waals surface area contributed by atoms with E-state index in [9.17, 15) is 5.26 Å². The van der Waals surface area contributed by atoms with E-state index >= 15 is 0 Å². The number of nitriles is 1. The number of benzene rings is 1. The van der Waals surface area contributed by atoms with Gasteiger partial charge in [0.15, 0.2) is 11.5 Å². The third-order valence-electron chi connectivity index (χ3n) is 3.08. The Hall–Kier alpha value is -2.51. The van der Waals surface area contributed by atoms with Crippen molar-refractivity contribution >= 4 is 22.2 Å². The summed E-state index contributed by atoms with van der Waals surface area (Å²) in [6.07, 6.45) is 3.26. The molecule has 21 heavy (non-hydrogen) atoms. The Bertz CT molecular complexity index is 736. The molecule has 0 spiro atoms. The molecule has 0 N–H and O–H groups in total. The van der Waals surface area contributed by atoms with Crippen molar-refractivity contribution in [2.75, 3.05) is 13.2 Å². The van der Waals surface area contributed by atoms with Gasteiger partial charge < -0.3 is 9.47 Å². The van der Waals surface area contributed by atoms with Crippen molar-refractivity contribution < 1.29 is 9.47 Å². The van der Waals surface area contributed by atoms with E-state index in [1.54, 1.807) is 36.7 Å². The summed E-state index contributed by atoms with van der Waals surface area (Å²) in [5, 5.41) is 9.74. The summed E-state index contributed by atoms with van der Waals surface area (Å²) in [5.74, 6) is 1.33. The van der Waals surface area contributed by atoms with Gasteiger partial charge >= 0.3 is 0 Å². The maximum atomic E-state index is 9.37. The van der Waals surface area contributed by atoms with E-state index in [1.807, 2.05) is 6.07 Å². The van der Waals surface area contributed by atoms with Gasteiger partial charge in [0, 0.05) is 18.0 Å². The van der Waals surface area contributed by atoms with Crippen LogP contribution in [0.1, 0.15) is 11.1 Å². The second-order valence-electron chi connectivity index (χ2n) is 4.40. The zero-order chi connectivity index (χ0) is 14.7. The summed E-state index contributed by atoms with van der Waals surface area (Å²) < 4.78 is 11.0. The Kier molecular flexibility index (Phi) is 3.76. The Balaban J connectivity index is 2.06. The van der Waals surface area contributed by atoms with E-state index in [2.05, 4.69) is 11.1 Å². The van der Waals surface area contributed by atoms with E-state index in [4.69, 9.17) is 21.1 Å². The van der Waals surface area contributed by atoms with Gasteiger partial charge in [0.2, 0.25) is 0 Å². The van der Waals surface area contributed by atoms with E-state index < -0.39 is 0 Å². The summed E-state index contributed by atoms with van der Waals surface area (Å²) in [6, 6.07) is 11.1. The van der Waals surface area contributed by atoms with Crippen LogP contribution in [-0.2, 0) is 0 Å². The highest BCUT2D eigenvalue weighted by Crippen LogP contribution is 2.36. The van der Waals surface area contributed by atoms with Gasteiger partial charge in [-0.25, -0.2) is 0 Å². The minimum Gasteiger partial charge on any atom is -0.486 e. The number of aromatic nitrogens is 1. The van der Waals surface area contributed by atoms with Crippen LogP contribution in [0.3, 0.4) is 0 Å². The molecule has 104 valence electrons. The van der Waals surface area contributed by atoms with Gasteiger partial charge in [-0.2, -0.15) is 5.26 Å². The molecule has 0 aliphatic carbocycles. The largest absolute Gasteiger partial charge is 0.486 e. The van der Waals surface area contributed by atoms with Crippen LogP contribution < -0.4 is 9.47 Å². The highest BCUT2D eigenvalue weighted by Gasteiger charge is 2.15. The first-order chi connectivity index (χ1) is 10.3. The van der Waals surface area contributed by atoms with Crippen molar-refractivity contribution in [1.29, 1.82) is 5.26 Å². The minimum absolute atomic E-state index is 0.363. The van der Waals surface area contributed by atoms with Crippen molar-refractivity contribution in [3.05, 3.63) is 53.9 Å². The Labute approximate surface area is 127 Å². The highest BCUT2D eigenvalue weighted by molar-refractivity contribution is 6.53. The molecule has 4 nitrogen and oxygen atoms in total. The molecule has 3 rings (SSSR count). The third-order valence-corrected chi connectivity index (χ3v) is 3.48. The normalized spacial score (nSPS) is 14.1. The number of allylic oxidation sites excluding steroid dienone is 1. The smallest absolute Gasteiger partial charge is 0.162 e. The number of pyridine rings is 1. The first-order valence-electron chi connectivity index (χ1n) is 6.40. The average molecular weight is 299 g/mol. The molecule has 0 unspecified atom stereocenters. The van der Waals surface area contributed by atoms with E-state index in [-0.39, 0.29) is 0 Å². The molecule has 1 aliphatic heterocycles. The predicted molar refractivity (Wildman–Crippen MR) is 79.9 cm³/mol. The molecule has 0 bridgehead atoms. The van der Waals surface area contributed by atoms with Crippen LogP contribution in [0.15, 0.2) is 42.7 Å². The zero-order valence-electron chi connectivity index (χ0n) is 11.0. The number of hydrogen-bond acceptors (Lipinski definition) is 4. The first kappa shape index (κ1) is 13.5. The second kappa shape index (κ2) is 5.86. The third kappa shape index (κ3) is 2.69. The maximum Gasteiger partial charge on any atom is 0.162 e. The molecule has 0 radical (unpaired) electrons. The van der Waals surface area contributed by atoms with Crippen LogP contribution in [0.25, 0.3) is 10.6 Å². The lowest BCUT2D eigenvalue weighted by atomic mass is 10.0. The van der Waals surface area contributed by atoms with Crippen molar-refractivity contribution in [2.24, 2.45) is 0 Å². The summed E-state index contributed by atoms with van der Waals surface area (Å²) >= 11 is 6.38. The molecule has 1 aromatic carbocycles. The van der Waals surface area contributed by atoms with Crippen molar-refractivity contribution in [3.8, 4) is 17.6 Å². The fraction of sp³-hybridized carbons (Fsp3) is 0.125. The SMILES string of the molecule is N#C/C(=C(/Cl)c1ccc2c(c1)OCCO2)c1cccnc1. The van der Waals surface area contributed by atoms with Crippen molar-refractivity contribution in [1.82, 2.24) is 4.98 Å². The average Bonchev–Trinajstić information content (AvgIpc) is 2.56. The molecule has 0 fully saturated rings. The molecule has 2 heterocycles. The van der Waals surface area contributed by atoms with Gasteiger partial charge in [-0.1, -0.05) is 17.7 Å². The van der Waals surface area contributed by atoms with Gasteiger partial charge in [0.05, 0.1) is 10.6 Å². The van der Waals surface area contributed by atoms with Crippen LogP contribution in [0.5, 0.6) is 11.5 Å². The van der Waals surface area contributed by atoms with Crippen molar-refractivity contribution in [2.45, 2.75) is 0 Å². The molecule has 0 atom stereocenters. The van der Waals surface area contributed by atoms with Gasteiger partial charge in [-0.05, 0) is 29.8 Å². The number of hydrogen-bond donors (Lipinski definition) is 0. The molecule has 2 aromatic rings. The van der Waals surface area contributed by atoms with Gasteiger partial charge in [-0.15, -0.1) is 0 Å². The van der Waals surface area contributed by atoms with Crippen LogP contribution >= 0.6 is 11.6 Å². The number of rotatable bonds is 2. The fourth-order valence-electron chi connectivity index (χ4n) is 2.08. The van der Waals surface area contributed by atoms with E-state index in [0.717, 1.165) is 0 Å². The number of nitrogens with zero attached hydrogens (tertiary/aromatic N) is 2. The number of ether oxygens (including phenoxy) is 2. The van der Waals surface area contributed by atoms with Gasteiger partial charge in [0.1, 0.15) is 19.3 Å². The highest BCUT2D eigenvalue weighted by atomic mass is 35.5. The first-order valence-corrected chi connectivity index (χ1v) is 6.77. The number of halogens is 1. The Morgan fingerprint density at radius 2 is 1.95 bits per heavy atom. The predicted octanol–water partition coefficient (Wildman–Crippen LogP) is 3.48. The second-order valence-corrected chi connectivity index (χ2v) is 4.78. The van der Waals surface area contributed by atoms with Gasteiger partial charge in [-0.3, -0.25) is 4.98 Å². The molecule has 0 saturated carbocycles. The van der Waals surface area contributed by atoms with E-state index in [0.29, 0.717) is 46.4 Å². The zero-order valence-corrected chi connectivity index (χ0v) is 11.8. The monoisotopic (exact) mass is 298 g/mol. The molecule has 1 aromatic heterocycles.